The number of aromatic amines is 1. The van der Waals surface area contributed by atoms with Crippen molar-refractivity contribution in [3.8, 4) is 0 Å². The average Bonchev–Trinajstić information content (AvgIpc) is 2.82. The van der Waals surface area contributed by atoms with E-state index in [2.05, 4.69) is 17.2 Å². The van der Waals surface area contributed by atoms with Crippen molar-refractivity contribution in [3.63, 3.8) is 0 Å². The first-order valence-corrected chi connectivity index (χ1v) is 6.86. The Balaban J connectivity index is 1.86. The third kappa shape index (κ3) is 2.93. The van der Waals surface area contributed by atoms with Crippen LogP contribution in [0.5, 0.6) is 0 Å². The molecule has 1 aromatic rings. The van der Waals surface area contributed by atoms with Gasteiger partial charge in [-0.3, -0.25) is 4.79 Å². The number of rotatable bonds is 4. The molecule has 2 heterocycles. The lowest BCUT2D eigenvalue weighted by Gasteiger charge is -2.32. The van der Waals surface area contributed by atoms with Crippen molar-refractivity contribution >= 4 is 5.91 Å². The van der Waals surface area contributed by atoms with Gasteiger partial charge in [0.1, 0.15) is 0 Å². The second-order valence-electron chi connectivity index (χ2n) is 5.06. The van der Waals surface area contributed by atoms with Crippen molar-refractivity contribution in [1.29, 1.82) is 0 Å². The molecule has 0 atom stereocenters. The molecule has 2 rings (SSSR count). The third-order valence-electron chi connectivity index (χ3n) is 3.77. The van der Waals surface area contributed by atoms with Crippen molar-refractivity contribution in [2.24, 2.45) is 5.92 Å². The maximum Gasteiger partial charge on any atom is 0.255 e. The molecule has 1 amide bonds. The fraction of sp³-hybridized carbons (Fsp3) is 0.643. The number of aromatic nitrogens is 1. The summed E-state index contributed by atoms with van der Waals surface area (Å²) in [6.45, 7) is 7.97. The van der Waals surface area contributed by atoms with Crippen molar-refractivity contribution in [1.82, 2.24) is 15.2 Å². The van der Waals surface area contributed by atoms with Gasteiger partial charge in [0.2, 0.25) is 0 Å². The van der Waals surface area contributed by atoms with Gasteiger partial charge >= 0.3 is 0 Å². The molecule has 0 unspecified atom stereocenters. The summed E-state index contributed by atoms with van der Waals surface area (Å²) in [5.74, 6) is 0.900. The van der Waals surface area contributed by atoms with Crippen molar-refractivity contribution < 1.29 is 4.79 Å². The number of piperidine rings is 1. The van der Waals surface area contributed by atoms with Gasteiger partial charge in [0.05, 0.1) is 5.56 Å². The molecule has 0 bridgehead atoms. The monoisotopic (exact) mass is 249 g/mol. The number of nitrogens with zero attached hydrogens (tertiary/aromatic N) is 1. The highest BCUT2D eigenvalue weighted by molar-refractivity contribution is 5.95. The molecular weight excluding hydrogens is 226 g/mol. The van der Waals surface area contributed by atoms with Gasteiger partial charge in [-0.25, -0.2) is 0 Å². The molecule has 1 saturated heterocycles. The Morgan fingerprint density at radius 3 is 2.78 bits per heavy atom. The summed E-state index contributed by atoms with van der Waals surface area (Å²) in [4.78, 5) is 17.3. The second kappa shape index (κ2) is 6.05. The number of H-pyrrole nitrogens is 1. The Kier molecular flexibility index (Phi) is 4.42. The number of carbonyl (C=O) groups excluding carboxylic acids is 1. The van der Waals surface area contributed by atoms with Crippen molar-refractivity contribution in [2.45, 2.75) is 26.7 Å². The van der Waals surface area contributed by atoms with Crippen molar-refractivity contribution in [2.75, 3.05) is 26.2 Å². The lowest BCUT2D eigenvalue weighted by molar-refractivity contribution is 0.0690. The Morgan fingerprint density at radius 2 is 2.22 bits per heavy atom. The Hall–Kier alpha value is -1.29. The zero-order chi connectivity index (χ0) is 13.0. The number of aryl methyl sites for hydroxylation is 1. The highest BCUT2D eigenvalue weighted by Crippen LogP contribution is 2.19. The van der Waals surface area contributed by atoms with Crippen LogP contribution < -0.4 is 5.32 Å². The summed E-state index contributed by atoms with van der Waals surface area (Å²) < 4.78 is 0. The SMILES string of the molecule is CCNCC1CCN(C(=O)c2cc[nH]c2C)CC1. The van der Waals surface area contributed by atoms with Crippen LogP contribution in [-0.4, -0.2) is 42.0 Å². The molecular formula is C14H23N3O. The summed E-state index contributed by atoms with van der Waals surface area (Å²) in [6, 6.07) is 1.88. The van der Waals surface area contributed by atoms with E-state index in [0.717, 1.165) is 56.2 Å². The van der Waals surface area contributed by atoms with E-state index in [1.165, 1.54) is 0 Å². The zero-order valence-electron chi connectivity index (χ0n) is 11.3. The molecule has 2 N–H and O–H groups in total. The molecule has 0 saturated carbocycles. The molecule has 1 aliphatic heterocycles. The molecule has 0 spiro atoms. The Labute approximate surface area is 109 Å². The molecule has 1 aromatic heterocycles. The average molecular weight is 249 g/mol. The van der Waals surface area contributed by atoms with Gasteiger partial charge in [0.25, 0.3) is 5.91 Å². The number of amides is 1. The molecule has 0 aliphatic carbocycles. The molecule has 4 heteroatoms. The van der Waals surface area contributed by atoms with Gasteiger partial charge in [-0.1, -0.05) is 6.92 Å². The van der Waals surface area contributed by atoms with Crippen LogP contribution in [0.1, 0.15) is 35.8 Å². The normalized spacial score (nSPS) is 17.1. The molecule has 18 heavy (non-hydrogen) atoms. The summed E-state index contributed by atoms with van der Waals surface area (Å²) in [7, 11) is 0. The van der Waals surface area contributed by atoms with E-state index in [1.807, 2.05) is 24.1 Å². The zero-order valence-corrected chi connectivity index (χ0v) is 11.3. The van der Waals surface area contributed by atoms with Crippen LogP contribution in [-0.2, 0) is 0 Å². The van der Waals surface area contributed by atoms with E-state index >= 15 is 0 Å². The van der Waals surface area contributed by atoms with E-state index in [-0.39, 0.29) is 5.91 Å². The lowest BCUT2D eigenvalue weighted by Crippen LogP contribution is -2.40. The smallest absolute Gasteiger partial charge is 0.255 e. The van der Waals surface area contributed by atoms with Crippen LogP contribution in [0.25, 0.3) is 0 Å². The van der Waals surface area contributed by atoms with Gasteiger partial charge in [0, 0.05) is 25.0 Å². The quantitative estimate of drug-likeness (QED) is 0.854. The molecule has 1 aliphatic rings. The first-order chi connectivity index (χ1) is 8.72. The number of carbonyl (C=O) groups is 1. The van der Waals surface area contributed by atoms with Gasteiger partial charge < -0.3 is 15.2 Å². The number of nitrogens with one attached hydrogen (secondary N) is 2. The van der Waals surface area contributed by atoms with Crippen LogP contribution in [0, 0.1) is 12.8 Å². The summed E-state index contributed by atoms with van der Waals surface area (Å²) >= 11 is 0. The minimum atomic E-state index is 0.177. The molecule has 0 aromatic carbocycles. The molecule has 4 nitrogen and oxygen atoms in total. The lowest BCUT2D eigenvalue weighted by atomic mass is 9.96. The second-order valence-corrected chi connectivity index (χ2v) is 5.06. The van der Waals surface area contributed by atoms with E-state index < -0.39 is 0 Å². The minimum Gasteiger partial charge on any atom is -0.365 e. The van der Waals surface area contributed by atoms with E-state index in [9.17, 15) is 4.79 Å². The summed E-state index contributed by atoms with van der Waals surface area (Å²) in [5, 5.41) is 3.39. The first-order valence-electron chi connectivity index (χ1n) is 6.86. The topological polar surface area (TPSA) is 48.1 Å². The minimum absolute atomic E-state index is 0.177. The fourth-order valence-corrected chi connectivity index (χ4v) is 2.54. The van der Waals surface area contributed by atoms with Crippen LogP contribution in [0.4, 0.5) is 0 Å². The van der Waals surface area contributed by atoms with Gasteiger partial charge in [0.15, 0.2) is 0 Å². The highest BCUT2D eigenvalue weighted by Gasteiger charge is 2.24. The van der Waals surface area contributed by atoms with Gasteiger partial charge in [-0.15, -0.1) is 0 Å². The van der Waals surface area contributed by atoms with Crippen LogP contribution >= 0.6 is 0 Å². The predicted octanol–water partition coefficient (Wildman–Crippen LogP) is 1.78. The van der Waals surface area contributed by atoms with E-state index in [4.69, 9.17) is 0 Å². The molecule has 1 fully saturated rings. The maximum absolute atomic E-state index is 12.3. The van der Waals surface area contributed by atoms with E-state index in [1.54, 1.807) is 0 Å². The maximum atomic E-state index is 12.3. The highest BCUT2D eigenvalue weighted by atomic mass is 16.2. The van der Waals surface area contributed by atoms with Gasteiger partial charge in [-0.2, -0.15) is 0 Å². The Morgan fingerprint density at radius 1 is 1.50 bits per heavy atom. The van der Waals surface area contributed by atoms with Gasteiger partial charge in [-0.05, 0) is 44.8 Å². The largest absolute Gasteiger partial charge is 0.365 e. The number of hydrogen-bond donors (Lipinski definition) is 2. The van der Waals surface area contributed by atoms with Crippen LogP contribution in [0.2, 0.25) is 0 Å². The number of likely N-dealkylation sites (tertiary alicyclic amines) is 1. The number of hydrogen-bond acceptors (Lipinski definition) is 2. The standard InChI is InChI=1S/C14H23N3O/c1-3-15-10-12-5-8-17(9-6-12)14(18)13-4-7-16-11(13)2/h4,7,12,15-16H,3,5-6,8-10H2,1-2H3. The summed E-state index contributed by atoms with van der Waals surface area (Å²) in [6.07, 6.45) is 4.06. The predicted molar refractivity (Wildman–Crippen MR) is 72.7 cm³/mol. The van der Waals surface area contributed by atoms with Crippen LogP contribution in [0.15, 0.2) is 12.3 Å². The molecule has 100 valence electrons. The van der Waals surface area contributed by atoms with E-state index in [0.29, 0.717) is 0 Å². The fourth-order valence-electron chi connectivity index (χ4n) is 2.54. The molecule has 0 radical (unpaired) electrons. The summed E-state index contributed by atoms with van der Waals surface area (Å²) in [5.41, 5.74) is 1.79. The van der Waals surface area contributed by atoms with Crippen molar-refractivity contribution in [3.05, 3.63) is 23.5 Å². The first kappa shape index (κ1) is 13.1. The van der Waals surface area contributed by atoms with Crippen LogP contribution in [0.3, 0.4) is 0 Å². The third-order valence-corrected chi connectivity index (χ3v) is 3.77. The Bertz CT molecular complexity index is 391.